The van der Waals surface area contributed by atoms with Crippen LogP contribution in [0.15, 0.2) is 0 Å². The third kappa shape index (κ3) is 3.05. The molecule has 98 valence electrons. The van der Waals surface area contributed by atoms with Crippen molar-refractivity contribution < 1.29 is 0 Å². The Morgan fingerprint density at radius 3 is 2.24 bits per heavy atom. The van der Waals surface area contributed by atoms with E-state index < -0.39 is 0 Å². The van der Waals surface area contributed by atoms with E-state index in [0.29, 0.717) is 0 Å². The maximum Gasteiger partial charge on any atom is 0.00700 e. The van der Waals surface area contributed by atoms with Crippen molar-refractivity contribution in [2.45, 2.75) is 76.7 Å². The van der Waals surface area contributed by atoms with Gasteiger partial charge in [0.1, 0.15) is 0 Å². The van der Waals surface area contributed by atoms with Crippen molar-refractivity contribution in [3.63, 3.8) is 0 Å². The summed E-state index contributed by atoms with van der Waals surface area (Å²) in [7, 11) is 0. The zero-order chi connectivity index (χ0) is 11.5. The van der Waals surface area contributed by atoms with Gasteiger partial charge in [0.15, 0.2) is 0 Å². The molecule has 0 aromatic rings. The zero-order valence-electron chi connectivity index (χ0n) is 11.3. The molecule has 0 aromatic carbocycles. The topological polar surface area (TPSA) is 12.0 Å². The molecule has 0 aliphatic heterocycles. The Hall–Kier alpha value is -0.0400. The monoisotopic (exact) mass is 235 g/mol. The highest BCUT2D eigenvalue weighted by atomic mass is 14.9. The van der Waals surface area contributed by atoms with Crippen LogP contribution < -0.4 is 5.32 Å². The summed E-state index contributed by atoms with van der Waals surface area (Å²) in [4.78, 5) is 0. The second-order valence-corrected chi connectivity index (χ2v) is 6.87. The summed E-state index contributed by atoms with van der Waals surface area (Å²) >= 11 is 0. The highest BCUT2D eigenvalue weighted by Gasteiger charge is 2.32. The van der Waals surface area contributed by atoms with Gasteiger partial charge in [-0.1, -0.05) is 38.5 Å². The van der Waals surface area contributed by atoms with E-state index in [1.54, 1.807) is 6.42 Å². The minimum Gasteiger partial charge on any atom is -0.314 e. The van der Waals surface area contributed by atoms with E-state index in [9.17, 15) is 0 Å². The number of hydrogen-bond donors (Lipinski definition) is 1. The summed E-state index contributed by atoms with van der Waals surface area (Å²) in [6.45, 7) is 1.32. The highest BCUT2D eigenvalue weighted by Crippen LogP contribution is 2.40. The van der Waals surface area contributed by atoms with Crippen LogP contribution in [0.5, 0.6) is 0 Å². The SMILES string of the molecule is C1CCC(CNC2CCC3CCCCC3C2)C1. The van der Waals surface area contributed by atoms with Crippen molar-refractivity contribution in [1.82, 2.24) is 5.32 Å². The predicted molar refractivity (Wildman–Crippen MR) is 73.0 cm³/mol. The van der Waals surface area contributed by atoms with Crippen LogP contribution in [-0.4, -0.2) is 12.6 Å². The Morgan fingerprint density at radius 1 is 0.706 bits per heavy atom. The van der Waals surface area contributed by atoms with Crippen LogP contribution in [0, 0.1) is 17.8 Å². The van der Waals surface area contributed by atoms with E-state index in [1.807, 2.05) is 0 Å². The minimum absolute atomic E-state index is 0.870. The fourth-order valence-electron chi connectivity index (χ4n) is 4.61. The van der Waals surface area contributed by atoms with Gasteiger partial charge in [-0.15, -0.1) is 0 Å². The first-order valence-corrected chi connectivity index (χ1v) is 8.15. The molecule has 0 spiro atoms. The van der Waals surface area contributed by atoms with Gasteiger partial charge in [-0.2, -0.15) is 0 Å². The van der Waals surface area contributed by atoms with E-state index in [-0.39, 0.29) is 0 Å². The first kappa shape index (κ1) is 12.0. The summed E-state index contributed by atoms with van der Waals surface area (Å²) in [6.07, 6.45) is 16.5. The molecule has 3 saturated carbocycles. The van der Waals surface area contributed by atoms with E-state index in [1.165, 1.54) is 70.8 Å². The Morgan fingerprint density at radius 2 is 1.41 bits per heavy atom. The van der Waals surface area contributed by atoms with Crippen LogP contribution in [0.2, 0.25) is 0 Å². The molecular formula is C16H29N. The van der Waals surface area contributed by atoms with Gasteiger partial charge in [0.2, 0.25) is 0 Å². The first-order chi connectivity index (χ1) is 8.42. The van der Waals surface area contributed by atoms with E-state index in [4.69, 9.17) is 0 Å². The fraction of sp³-hybridized carbons (Fsp3) is 1.00. The van der Waals surface area contributed by atoms with Crippen molar-refractivity contribution in [2.24, 2.45) is 17.8 Å². The molecule has 0 amide bonds. The number of rotatable bonds is 3. The molecule has 17 heavy (non-hydrogen) atoms. The van der Waals surface area contributed by atoms with Crippen LogP contribution in [0.3, 0.4) is 0 Å². The molecule has 0 bridgehead atoms. The second kappa shape index (κ2) is 5.73. The molecule has 1 heteroatoms. The Bertz CT molecular complexity index is 232. The van der Waals surface area contributed by atoms with E-state index in [2.05, 4.69) is 5.32 Å². The zero-order valence-corrected chi connectivity index (χ0v) is 11.3. The van der Waals surface area contributed by atoms with Crippen LogP contribution in [0.4, 0.5) is 0 Å². The molecule has 3 atom stereocenters. The highest BCUT2D eigenvalue weighted by molar-refractivity contribution is 4.86. The summed E-state index contributed by atoms with van der Waals surface area (Å²) in [5, 5.41) is 3.90. The Labute approximate surface area is 107 Å². The quantitative estimate of drug-likeness (QED) is 0.775. The number of nitrogens with one attached hydrogen (secondary N) is 1. The van der Waals surface area contributed by atoms with Gasteiger partial charge in [-0.05, 0) is 56.4 Å². The van der Waals surface area contributed by atoms with Crippen molar-refractivity contribution in [3.8, 4) is 0 Å². The van der Waals surface area contributed by atoms with E-state index >= 15 is 0 Å². The first-order valence-electron chi connectivity index (χ1n) is 8.15. The predicted octanol–water partition coefficient (Wildman–Crippen LogP) is 4.13. The van der Waals surface area contributed by atoms with Crippen LogP contribution in [0.25, 0.3) is 0 Å². The summed E-state index contributed by atoms with van der Waals surface area (Å²) in [6, 6.07) is 0.870. The molecular weight excluding hydrogens is 206 g/mol. The fourth-order valence-corrected chi connectivity index (χ4v) is 4.61. The molecule has 3 rings (SSSR count). The summed E-state index contributed by atoms with van der Waals surface area (Å²) in [5.74, 6) is 3.20. The van der Waals surface area contributed by atoms with Crippen molar-refractivity contribution in [2.75, 3.05) is 6.54 Å². The molecule has 3 aliphatic carbocycles. The molecule has 1 N–H and O–H groups in total. The number of fused-ring (bicyclic) bond motifs is 1. The van der Waals surface area contributed by atoms with Gasteiger partial charge in [-0.3, -0.25) is 0 Å². The van der Waals surface area contributed by atoms with Gasteiger partial charge in [0.25, 0.3) is 0 Å². The number of hydrogen-bond acceptors (Lipinski definition) is 1. The average Bonchev–Trinajstić information content (AvgIpc) is 2.89. The summed E-state index contributed by atoms with van der Waals surface area (Å²) < 4.78 is 0. The average molecular weight is 235 g/mol. The lowest BCUT2D eigenvalue weighted by Crippen LogP contribution is -2.40. The van der Waals surface area contributed by atoms with Gasteiger partial charge >= 0.3 is 0 Å². The molecule has 1 nitrogen and oxygen atoms in total. The van der Waals surface area contributed by atoms with Crippen molar-refractivity contribution in [1.29, 1.82) is 0 Å². The molecule has 0 heterocycles. The Kier molecular flexibility index (Phi) is 4.05. The van der Waals surface area contributed by atoms with Crippen LogP contribution >= 0.6 is 0 Å². The largest absolute Gasteiger partial charge is 0.314 e. The second-order valence-electron chi connectivity index (χ2n) is 6.87. The van der Waals surface area contributed by atoms with Gasteiger partial charge in [0, 0.05) is 6.04 Å². The standard InChI is InChI=1S/C16H29N/c1-2-6-13(5-1)12-17-16-10-9-14-7-3-4-8-15(14)11-16/h13-17H,1-12H2. The van der Waals surface area contributed by atoms with Gasteiger partial charge in [0.05, 0.1) is 0 Å². The molecule has 3 aliphatic rings. The molecule has 0 aromatic heterocycles. The van der Waals surface area contributed by atoms with Gasteiger partial charge in [-0.25, -0.2) is 0 Å². The third-order valence-electron chi connectivity index (χ3n) is 5.71. The van der Waals surface area contributed by atoms with Crippen molar-refractivity contribution >= 4 is 0 Å². The van der Waals surface area contributed by atoms with Gasteiger partial charge < -0.3 is 5.32 Å². The Balaban J connectivity index is 1.42. The van der Waals surface area contributed by atoms with Crippen molar-refractivity contribution in [3.05, 3.63) is 0 Å². The van der Waals surface area contributed by atoms with E-state index in [0.717, 1.165) is 23.8 Å². The smallest absolute Gasteiger partial charge is 0.00700 e. The van der Waals surface area contributed by atoms with Crippen LogP contribution in [0.1, 0.15) is 70.6 Å². The lowest BCUT2D eigenvalue weighted by Gasteiger charge is -2.40. The molecule has 3 fully saturated rings. The maximum absolute atomic E-state index is 3.90. The lowest BCUT2D eigenvalue weighted by atomic mass is 9.69. The molecule has 0 saturated heterocycles. The minimum atomic E-state index is 0.870. The maximum atomic E-state index is 3.90. The third-order valence-corrected chi connectivity index (χ3v) is 5.71. The lowest BCUT2D eigenvalue weighted by molar-refractivity contribution is 0.142. The summed E-state index contributed by atoms with van der Waals surface area (Å²) in [5.41, 5.74) is 0. The molecule has 3 unspecified atom stereocenters. The molecule has 0 radical (unpaired) electrons. The normalized spacial score (nSPS) is 39.2. The van der Waals surface area contributed by atoms with Crippen LogP contribution in [-0.2, 0) is 0 Å².